The van der Waals surface area contributed by atoms with Crippen molar-refractivity contribution >= 4 is 0 Å². The lowest BCUT2D eigenvalue weighted by atomic mass is 9.62. The van der Waals surface area contributed by atoms with E-state index in [1.165, 1.54) is 37.7 Å². The van der Waals surface area contributed by atoms with Crippen molar-refractivity contribution in [3.8, 4) is 0 Å². The molecule has 0 radical (unpaired) electrons. The molecule has 0 aromatic rings. The number of allylic oxidation sites excluding steroid dienone is 3. The summed E-state index contributed by atoms with van der Waals surface area (Å²) in [6, 6.07) is 0. The first-order valence-electron chi connectivity index (χ1n) is 8.83. The third-order valence-corrected chi connectivity index (χ3v) is 6.11. The van der Waals surface area contributed by atoms with Crippen LogP contribution >= 0.6 is 0 Å². The van der Waals surface area contributed by atoms with Gasteiger partial charge in [0.05, 0.1) is 5.60 Å². The Kier molecular flexibility index (Phi) is 5.03. The molecule has 2 saturated carbocycles. The van der Waals surface area contributed by atoms with Gasteiger partial charge in [0.1, 0.15) is 0 Å². The first kappa shape index (κ1) is 16.8. The summed E-state index contributed by atoms with van der Waals surface area (Å²) < 4.78 is 0. The van der Waals surface area contributed by atoms with Crippen molar-refractivity contribution in [1.29, 1.82) is 0 Å². The molecule has 1 nitrogen and oxygen atoms in total. The summed E-state index contributed by atoms with van der Waals surface area (Å²) in [6.07, 6.45) is 12.1. The van der Waals surface area contributed by atoms with Crippen LogP contribution in [0.25, 0.3) is 0 Å². The van der Waals surface area contributed by atoms with Crippen LogP contribution in [0.3, 0.4) is 0 Å². The quantitative estimate of drug-likeness (QED) is 0.649. The fraction of sp³-hybridized carbons (Fsp3) is 0.800. The summed E-state index contributed by atoms with van der Waals surface area (Å²) in [5.41, 5.74) is 3.06. The van der Waals surface area contributed by atoms with Crippen LogP contribution in [0.15, 0.2) is 23.8 Å². The third-order valence-electron chi connectivity index (χ3n) is 6.11. The molecule has 2 aliphatic rings. The summed E-state index contributed by atoms with van der Waals surface area (Å²) in [4.78, 5) is 0. The molecule has 0 aromatic heterocycles. The van der Waals surface area contributed by atoms with Gasteiger partial charge in [-0.05, 0) is 89.4 Å². The Morgan fingerprint density at radius 1 is 1.43 bits per heavy atom. The van der Waals surface area contributed by atoms with Crippen molar-refractivity contribution in [3.05, 3.63) is 23.8 Å². The van der Waals surface area contributed by atoms with Crippen molar-refractivity contribution in [2.45, 2.75) is 84.7 Å². The van der Waals surface area contributed by atoms with E-state index in [1.807, 2.05) is 13.8 Å². The van der Waals surface area contributed by atoms with Crippen LogP contribution in [-0.4, -0.2) is 10.7 Å². The number of aliphatic hydroxyl groups is 1. The standard InChI is InChI=1S/C20H34O/c1-6-16-10-8-14-20(5)17(11-12-18(16)20)15(2)9-7-13-19(3,4)21/h6,17-18,21H,2,7-14H2,1,3-5H3/b16-6+/t17?,18-,20?/m0/s1. The first-order chi connectivity index (χ1) is 9.78. The minimum atomic E-state index is -0.536. The van der Waals surface area contributed by atoms with Gasteiger partial charge in [-0.3, -0.25) is 0 Å². The molecule has 120 valence electrons. The Balaban J connectivity index is 1.99. The molecule has 0 aromatic carbocycles. The molecule has 2 rings (SSSR count). The number of hydrogen-bond acceptors (Lipinski definition) is 1. The van der Waals surface area contributed by atoms with Crippen LogP contribution in [0, 0.1) is 17.3 Å². The Morgan fingerprint density at radius 3 is 2.76 bits per heavy atom. The molecule has 2 aliphatic carbocycles. The molecular weight excluding hydrogens is 256 g/mol. The van der Waals surface area contributed by atoms with Gasteiger partial charge in [-0.2, -0.15) is 0 Å². The highest BCUT2D eigenvalue weighted by Crippen LogP contribution is 2.59. The fourth-order valence-corrected chi connectivity index (χ4v) is 4.98. The monoisotopic (exact) mass is 290 g/mol. The van der Waals surface area contributed by atoms with Crippen LogP contribution < -0.4 is 0 Å². The summed E-state index contributed by atoms with van der Waals surface area (Å²) in [6.45, 7) is 13.0. The van der Waals surface area contributed by atoms with E-state index >= 15 is 0 Å². The zero-order valence-electron chi connectivity index (χ0n) is 14.5. The van der Waals surface area contributed by atoms with E-state index in [4.69, 9.17) is 0 Å². The second-order valence-electron chi connectivity index (χ2n) is 8.23. The molecule has 0 aliphatic heterocycles. The van der Waals surface area contributed by atoms with Crippen molar-refractivity contribution in [3.63, 3.8) is 0 Å². The normalized spacial score (nSPS) is 35.0. The van der Waals surface area contributed by atoms with E-state index in [2.05, 4.69) is 26.5 Å². The highest BCUT2D eigenvalue weighted by Gasteiger charge is 2.49. The molecule has 0 spiro atoms. The average Bonchev–Trinajstić information content (AvgIpc) is 2.73. The van der Waals surface area contributed by atoms with Crippen LogP contribution in [-0.2, 0) is 0 Å². The van der Waals surface area contributed by atoms with Crippen LogP contribution in [0.5, 0.6) is 0 Å². The van der Waals surface area contributed by atoms with Crippen LogP contribution in [0.4, 0.5) is 0 Å². The van der Waals surface area contributed by atoms with Gasteiger partial charge in [0.2, 0.25) is 0 Å². The maximum atomic E-state index is 9.86. The molecular formula is C20H34O. The van der Waals surface area contributed by atoms with Crippen molar-refractivity contribution in [1.82, 2.24) is 0 Å². The summed E-state index contributed by atoms with van der Waals surface area (Å²) in [5.74, 6) is 1.49. The molecule has 0 bridgehead atoms. The second-order valence-corrected chi connectivity index (χ2v) is 8.23. The molecule has 2 unspecified atom stereocenters. The van der Waals surface area contributed by atoms with Gasteiger partial charge < -0.3 is 5.11 Å². The molecule has 3 atom stereocenters. The summed E-state index contributed by atoms with van der Waals surface area (Å²) >= 11 is 0. The lowest BCUT2D eigenvalue weighted by molar-refractivity contribution is 0.0683. The molecule has 21 heavy (non-hydrogen) atoms. The van der Waals surface area contributed by atoms with Gasteiger partial charge in [0.25, 0.3) is 0 Å². The van der Waals surface area contributed by atoms with E-state index in [9.17, 15) is 5.11 Å². The largest absolute Gasteiger partial charge is 0.390 e. The van der Waals surface area contributed by atoms with Crippen molar-refractivity contribution < 1.29 is 5.11 Å². The van der Waals surface area contributed by atoms with Gasteiger partial charge in [-0.1, -0.05) is 30.7 Å². The Bertz CT molecular complexity index is 412. The Hall–Kier alpha value is -0.560. The molecule has 1 heteroatoms. The van der Waals surface area contributed by atoms with E-state index in [1.54, 1.807) is 5.57 Å². The van der Waals surface area contributed by atoms with Gasteiger partial charge in [-0.25, -0.2) is 0 Å². The lowest BCUT2D eigenvalue weighted by Crippen LogP contribution is -2.34. The molecule has 2 fully saturated rings. The highest BCUT2D eigenvalue weighted by atomic mass is 16.3. The maximum absolute atomic E-state index is 9.86. The van der Waals surface area contributed by atoms with Gasteiger partial charge in [-0.15, -0.1) is 0 Å². The first-order valence-corrected chi connectivity index (χ1v) is 8.83. The number of hydrogen-bond donors (Lipinski definition) is 1. The minimum Gasteiger partial charge on any atom is -0.390 e. The van der Waals surface area contributed by atoms with Gasteiger partial charge >= 0.3 is 0 Å². The molecule has 1 N–H and O–H groups in total. The van der Waals surface area contributed by atoms with Crippen LogP contribution in [0.2, 0.25) is 0 Å². The van der Waals surface area contributed by atoms with Gasteiger partial charge in [0, 0.05) is 0 Å². The zero-order chi connectivity index (χ0) is 15.7. The van der Waals surface area contributed by atoms with Crippen molar-refractivity contribution in [2.24, 2.45) is 17.3 Å². The molecule has 0 heterocycles. The Morgan fingerprint density at radius 2 is 2.14 bits per heavy atom. The minimum absolute atomic E-state index is 0.450. The van der Waals surface area contributed by atoms with E-state index in [-0.39, 0.29) is 0 Å². The maximum Gasteiger partial charge on any atom is 0.0591 e. The molecule has 0 amide bonds. The fourth-order valence-electron chi connectivity index (χ4n) is 4.98. The predicted molar refractivity (Wildman–Crippen MR) is 91.2 cm³/mol. The van der Waals surface area contributed by atoms with E-state index in [0.717, 1.165) is 25.2 Å². The van der Waals surface area contributed by atoms with Crippen molar-refractivity contribution in [2.75, 3.05) is 0 Å². The summed E-state index contributed by atoms with van der Waals surface area (Å²) in [7, 11) is 0. The number of rotatable bonds is 5. The third kappa shape index (κ3) is 3.62. The van der Waals surface area contributed by atoms with E-state index < -0.39 is 5.60 Å². The zero-order valence-corrected chi connectivity index (χ0v) is 14.5. The van der Waals surface area contributed by atoms with E-state index in [0.29, 0.717) is 11.3 Å². The average molecular weight is 290 g/mol. The second kappa shape index (κ2) is 6.28. The molecule has 0 saturated heterocycles. The topological polar surface area (TPSA) is 20.2 Å². The Labute approximate surface area is 131 Å². The lowest BCUT2D eigenvalue weighted by Gasteiger charge is -2.43. The predicted octanol–water partition coefficient (Wildman–Crippen LogP) is 5.65. The highest BCUT2D eigenvalue weighted by molar-refractivity contribution is 5.22. The number of fused-ring (bicyclic) bond motifs is 1. The SMILES string of the molecule is C=C(CCCC(C)(C)O)C1CC[C@H]2/C(=C/C)CCCC12C. The smallest absolute Gasteiger partial charge is 0.0591 e. The van der Waals surface area contributed by atoms with Gasteiger partial charge in [0.15, 0.2) is 0 Å². The van der Waals surface area contributed by atoms with Crippen LogP contribution in [0.1, 0.15) is 79.1 Å². The summed E-state index contributed by atoms with van der Waals surface area (Å²) in [5, 5.41) is 9.86.